The molecule has 0 radical (unpaired) electrons. The van der Waals surface area contributed by atoms with Gasteiger partial charge in [-0.3, -0.25) is 0 Å². The molecule has 2 nitrogen and oxygen atoms in total. The van der Waals surface area contributed by atoms with Gasteiger partial charge in [-0.1, -0.05) is 37.6 Å². The van der Waals surface area contributed by atoms with Crippen molar-refractivity contribution >= 4 is 0 Å². The molecule has 0 saturated carbocycles. The fraction of sp³-hybridized carbons (Fsp3) is 0.625. The van der Waals surface area contributed by atoms with E-state index in [1.807, 2.05) is 0 Å². The van der Waals surface area contributed by atoms with Crippen LogP contribution in [0.25, 0.3) is 0 Å². The van der Waals surface area contributed by atoms with Crippen molar-refractivity contribution in [3.8, 4) is 0 Å². The third kappa shape index (κ3) is 3.56. The number of aliphatic hydroxyl groups is 1. The van der Waals surface area contributed by atoms with Crippen LogP contribution in [-0.2, 0) is 11.2 Å². The average Bonchev–Trinajstić information content (AvgIpc) is 2.39. The molecule has 1 heterocycles. The minimum Gasteiger partial charge on any atom is -0.393 e. The first-order valence-electron chi connectivity index (χ1n) is 7.18. The highest BCUT2D eigenvalue weighted by molar-refractivity contribution is 5.30. The van der Waals surface area contributed by atoms with Crippen molar-refractivity contribution in [2.75, 3.05) is 6.61 Å². The maximum absolute atomic E-state index is 9.73. The molecule has 0 aliphatic carbocycles. The number of benzene rings is 1. The fourth-order valence-electron chi connectivity index (χ4n) is 2.73. The highest BCUT2D eigenvalue weighted by Gasteiger charge is 2.20. The molecule has 0 aromatic heterocycles. The van der Waals surface area contributed by atoms with Gasteiger partial charge in [0.25, 0.3) is 0 Å². The van der Waals surface area contributed by atoms with Crippen LogP contribution in [0.1, 0.15) is 56.3 Å². The summed E-state index contributed by atoms with van der Waals surface area (Å²) < 4.78 is 5.86. The third-order valence-corrected chi connectivity index (χ3v) is 3.72. The van der Waals surface area contributed by atoms with Crippen LogP contribution in [0.2, 0.25) is 0 Å². The number of hydrogen-bond acceptors (Lipinski definition) is 2. The minimum atomic E-state index is -0.131. The van der Waals surface area contributed by atoms with E-state index in [9.17, 15) is 5.11 Å². The molecule has 0 spiro atoms. The van der Waals surface area contributed by atoms with Crippen LogP contribution in [0.5, 0.6) is 0 Å². The van der Waals surface area contributed by atoms with Gasteiger partial charge in [0.15, 0.2) is 0 Å². The molecule has 1 aromatic carbocycles. The summed E-state index contributed by atoms with van der Waals surface area (Å²) in [6, 6.07) is 8.58. The van der Waals surface area contributed by atoms with E-state index >= 15 is 0 Å². The topological polar surface area (TPSA) is 29.5 Å². The summed E-state index contributed by atoms with van der Waals surface area (Å²) >= 11 is 0. The lowest BCUT2D eigenvalue weighted by Gasteiger charge is -2.26. The second-order valence-corrected chi connectivity index (χ2v) is 5.18. The maximum atomic E-state index is 9.73. The van der Waals surface area contributed by atoms with Gasteiger partial charge in [-0.15, -0.1) is 0 Å². The molecule has 0 amide bonds. The number of hydrogen-bond donors (Lipinski definition) is 1. The Morgan fingerprint density at radius 3 is 3.00 bits per heavy atom. The van der Waals surface area contributed by atoms with Gasteiger partial charge in [0.2, 0.25) is 0 Å². The predicted molar refractivity (Wildman–Crippen MR) is 73.6 cm³/mol. The summed E-state index contributed by atoms with van der Waals surface area (Å²) in [5.41, 5.74) is 2.79. The number of fused-ring (bicyclic) bond motifs is 1. The van der Waals surface area contributed by atoms with E-state index in [-0.39, 0.29) is 12.2 Å². The lowest BCUT2D eigenvalue weighted by molar-refractivity contribution is 0.0318. The van der Waals surface area contributed by atoms with Gasteiger partial charge >= 0.3 is 0 Å². The van der Waals surface area contributed by atoms with Crippen molar-refractivity contribution < 1.29 is 9.84 Å². The molecule has 0 fully saturated rings. The van der Waals surface area contributed by atoms with Crippen LogP contribution in [0.3, 0.4) is 0 Å². The van der Waals surface area contributed by atoms with Crippen molar-refractivity contribution in [1.29, 1.82) is 0 Å². The summed E-state index contributed by atoms with van der Waals surface area (Å²) in [6.45, 7) is 2.95. The quantitative estimate of drug-likeness (QED) is 0.833. The molecule has 18 heavy (non-hydrogen) atoms. The Morgan fingerprint density at radius 1 is 1.33 bits per heavy atom. The van der Waals surface area contributed by atoms with Gasteiger partial charge in [-0.25, -0.2) is 0 Å². The van der Waals surface area contributed by atoms with Crippen LogP contribution < -0.4 is 0 Å². The normalized spacial score (nSPS) is 20.4. The van der Waals surface area contributed by atoms with Crippen molar-refractivity contribution in [2.24, 2.45) is 0 Å². The molecule has 100 valence electrons. The second-order valence-electron chi connectivity index (χ2n) is 5.18. The Bertz CT molecular complexity index is 362. The molecule has 2 rings (SSSR count). The van der Waals surface area contributed by atoms with Crippen molar-refractivity contribution in [3.05, 3.63) is 35.4 Å². The standard InChI is InChI=1S/C16H24O2/c1-2-6-14(17)8-5-10-16-15-9-4-3-7-13(15)11-12-18-16/h3-4,7,9,14,16-17H,2,5-6,8,10-12H2,1H3. The van der Waals surface area contributed by atoms with E-state index in [2.05, 4.69) is 31.2 Å². The van der Waals surface area contributed by atoms with E-state index in [0.717, 1.165) is 45.1 Å². The Hall–Kier alpha value is -0.860. The zero-order valence-electron chi connectivity index (χ0n) is 11.3. The summed E-state index contributed by atoms with van der Waals surface area (Å²) in [6.07, 6.45) is 6.09. The molecule has 0 saturated heterocycles. The lowest BCUT2D eigenvalue weighted by atomic mass is 9.94. The average molecular weight is 248 g/mol. The molecule has 2 atom stereocenters. The van der Waals surface area contributed by atoms with Crippen molar-refractivity contribution in [2.45, 2.75) is 57.7 Å². The summed E-state index contributed by atoms with van der Waals surface area (Å²) in [5.74, 6) is 0. The first-order chi connectivity index (χ1) is 8.81. The first-order valence-corrected chi connectivity index (χ1v) is 7.18. The highest BCUT2D eigenvalue weighted by atomic mass is 16.5. The van der Waals surface area contributed by atoms with Crippen molar-refractivity contribution in [1.82, 2.24) is 0 Å². The first kappa shape index (κ1) is 13.6. The number of ether oxygens (including phenoxy) is 1. The summed E-state index contributed by atoms with van der Waals surface area (Å²) in [7, 11) is 0. The van der Waals surface area contributed by atoms with Gasteiger partial charge in [-0.05, 0) is 43.2 Å². The molecule has 1 N–H and O–H groups in total. The molecule has 0 bridgehead atoms. The van der Waals surface area contributed by atoms with Crippen LogP contribution >= 0.6 is 0 Å². The van der Waals surface area contributed by atoms with Crippen LogP contribution in [-0.4, -0.2) is 17.8 Å². The van der Waals surface area contributed by atoms with Crippen LogP contribution in [0, 0.1) is 0 Å². The predicted octanol–water partition coefficient (Wildman–Crippen LogP) is 3.63. The van der Waals surface area contributed by atoms with Gasteiger partial charge in [0.1, 0.15) is 0 Å². The monoisotopic (exact) mass is 248 g/mol. The Balaban J connectivity index is 1.84. The zero-order valence-corrected chi connectivity index (χ0v) is 11.3. The van der Waals surface area contributed by atoms with E-state index in [1.54, 1.807) is 0 Å². The third-order valence-electron chi connectivity index (χ3n) is 3.72. The van der Waals surface area contributed by atoms with E-state index < -0.39 is 0 Å². The summed E-state index contributed by atoms with van der Waals surface area (Å²) in [4.78, 5) is 0. The van der Waals surface area contributed by atoms with Gasteiger partial charge in [-0.2, -0.15) is 0 Å². The molecule has 1 aliphatic rings. The minimum absolute atomic E-state index is 0.131. The second kappa shape index (κ2) is 6.91. The molecule has 2 unspecified atom stereocenters. The van der Waals surface area contributed by atoms with Gasteiger partial charge in [0, 0.05) is 0 Å². The molecular weight excluding hydrogens is 224 g/mol. The van der Waals surface area contributed by atoms with E-state index in [4.69, 9.17) is 4.74 Å². The van der Waals surface area contributed by atoms with E-state index in [0.29, 0.717) is 0 Å². The zero-order chi connectivity index (χ0) is 12.8. The fourth-order valence-corrected chi connectivity index (χ4v) is 2.73. The molecule has 2 heteroatoms. The lowest BCUT2D eigenvalue weighted by Crippen LogP contribution is -2.16. The van der Waals surface area contributed by atoms with Crippen LogP contribution in [0.4, 0.5) is 0 Å². The van der Waals surface area contributed by atoms with Gasteiger partial charge < -0.3 is 9.84 Å². The Morgan fingerprint density at radius 2 is 2.17 bits per heavy atom. The number of rotatable bonds is 6. The summed E-state index contributed by atoms with van der Waals surface area (Å²) in [5, 5.41) is 9.73. The molecular formula is C16H24O2. The maximum Gasteiger partial charge on any atom is 0.0827 e. The van der Waals surface area contributed by atoms with Crippen molar-refractivity contribution in [3.63, 3.8) is 0 Å². The highest BCUT2D eigenvalue weighted by Crippen LogP contribution is 2.31. The Labute approximate surface area is 110 Å². The molecule has 1 aliphatic heterocycles. The smallest absolute Gasteiger partial charge is 0.0827 e. The Kier molecular flexibility index (Phi) is 5.21. The largest absolute Gasteiger partial charge is 0.393 e. The van der Waals surface area contributed by atoms with Gasteiger partial charge in [0.05, 0.1) is 18.8 Å². The van der Waals surface area contributed by atoms with E-state index in [1.165, 1.54) is 11.1 Å². The number of aliphatic hydroxyl groups excluding tert-OH is 1. The molecule has 1 aromatic rings. The van der Waals surface area contributed by atoms with Crippen LogP contribution in [0.15, 0.2) is 24.3 Å². The SMILES string of the molecule is CCCC(O)CCCC1OCCc2ccccc21.